The molecule has 1 N–H and O–H groups in total. The van der Waals surface area contributed by atoms with E-state index in [1.807, 2.05) is 6.92 Å². The van der Waals surface area contributed by atoms with E-state index >= 15 is 0 Å². The van der Waals surface area contributed by atoms with Crippen LogP contribution in [0.5, 0.6) is 0 Å². The zero-order valence-corrected chi connectivity index (χ0v) is 13.1. The lowest BCUT2D eigenvalue weighted by atomic mass is 9.82. The number of anilines is 2. The summed E-state index contributed by atoms with van der Waals surface area (Å²) in [7, 11) is 0. The summed E-state index contributed by atoms with van der Waals surface area (Å²) in [4.78, 5) is 17.5. The van der Waals surface area contributed by atoms with E-state index in [0.29, 0.717) is 11.6 Å². The number of nitrogens with one attached hydrogen (secondary N) is 1. The molecule has 0 bridgehead atoms. The Balaban J connectivity index is 2.33. The zero-order chi connectivity index (χ0) is 15.5. The smallest absolute Gasteiger partial charge is 0.311 e. The Morgan fingerprint density at radius 1 is 1.38 bits per heavy atom. The molecule has 0 atom stereocenters. The molecule has 0 saturated carbocycles. The molecule has 1 aliphatic heterocycles. The lowest BCUT2D eigenvalue weighted by molar-refractivity contribution is -0.384. The second-order valence-corrected chi connectivity index (χ2v) is 5.71. The Labute approximate surface area is 125 Å². The van der Waals surface area contributed by atoms with Gasteiger partial charge in [-0.2, -0.15) is 0 Å². The van der Waals surface area contributed by atoms with E-state index in [1.165, 1.54) is 0 Å². The molecule has 0 aliphatic carbocycles. The first kappa shape index (κ1) is 15.5. The summed E-state index contributed by atoms with van der Waals surface area (Å²) in [5.74, 6) is 1.20. The standard InChI is InChI=1S/C15H24N4O2/c1-4-15(5-2)9-10-18(11-15)14-12(19(20)21)7-8-13(17-14)16-6-3/h7-8H,4-6,9-11H2,1-3H3,(H,16,17). The predicted octanol–water partition coefficient (Wildman–Crippen LogP) is 3.44. The van der Waals surface area contributed by atoms with E-state index in [9.17, 15) is 10.1 Å². The van der Waals surface area contributed by atoms with Crippen molar-refractivity contribution >= 4 is 17.3 Å². The zero-order valence-electron chi connectivity index (χ0n) is 13.1. The van der Waals surface area contributed by atoms with Crippen LogP contribution in [-0.2, 0) is 0 Å². The van der Waals surface area contributed by atoms with Crippen LogP contribution in [-0.4, -0.2) is 29.5 Å². The maximum absolute atomic E-state index is 11.3. The molecular weight excluding hydrogens is 268 g/mol. The number of pyridine rings is 1. The Hall–Kier alpha value is -1.85. The van der Waals surface area contributed by atoms with Crippen LogP contribution < -0.4 is 10.2 Å². The fraction of sp³-hybridized carbons (Fsp3) is 0.667. The van der Waals surface area contributed by atoms with E-state index in [4.69, 9.17) is 0 Å². The molecule has 1 aromatic heterocycles. The van der Waals surface area contributed by atoms with Gasteiger partial charge in [0, 0.05) is 25.7 Å². The van der Waals surface area contributed by atoms with Crippen LogP contribution in [0.25, 0.3) is 0 Å². The van der Waals surface area contributed by atoms with Gasteiger partial charge in [0.25, 0.3) is 0 Å². The molecule has 1 aromatic rings. The summed E-state index contributed by atoms with van der Waals surface area (Å²) < 4.78 is 0. The number of rotatable bonds is 6. The van der Waals surface area contributed by atoms with Crippen molar-refractivity contribution < 1.29 is 4.92 Å². The topological polar surface area (TPSA) is 71.3 Å². The van der Waals surface area contributed by atoms with Gasteiger partial charge in [0.2, 0.25) is 5.82 Å². The van der Waals surface area contributed by atoms with Gasteiger partial charge in [-0.05, 0) is 37.7 Å². The third-order valence-corrected chi connectivity index (χ3v) is 4.65. The third kappa shape index (κ3) is 3.09. The van der Waals surface area contributed by atoms with Gasteiger partial charge in [-0.15, -0.1) is 0 Å². The Morgan fingerprint density at radius 3 is 2.62 bits per heavy atom. The summed E-state index contributed by atoms with van der Waals surface area (Å²) in [6, 6.07) is 3.23. The highest BCUT2D eigenvalue weighted by atomic mass is 16.6. The molecule has 0 spiro atoms. The van der Waals surface area contributed by atoms with Crippen LogP contribution in [0.3, 0.4) is 0 Å². The first-order chi connectivity index (χ1) is 10.0. The summed E-state index contributed by atoms with van der Waals surface area (Å²) in [6.45, 7) is 8.82. The van der Waals surface area contributed by atoms with Gasteiger partial charge in [-0.3, -0.25) is 10.1 Å². The molecule has 2 heterocycles. The van der Waals surface area contributed by atoms with E-state index in [-0.39, 0.29) is 16.0 Å². The molecule has 0 aromatic carbocycles. The molecule has 1 saturated heterocycles. The number of hydrogen-bond donors (Lipinski definition) is 1. The number of nitro groups is 1. The normalized spacial score (nSPS) is 17.0. The van der Waals surface area contributed by atoms with E-state index < -0.39 is 0 Å². The minimum atomic E-state index is -0.337. The molecule has 6 nitrogen and oxygen atoms in total. The lowest BCUT2D eigenvalue weighted by Gasteiger charge is -2.26. The molecule has 0 amide bonds. The van der Waals surface area contributed by atoms with Gasteiger partial charge < -0.3 is 10.2 Å². The van der Waals surface area contributed by atoms with Crippen LogP contribution in [0.4, 0.5) is 17.3 Å². The average molecular weight is 292 g/mol. The van der Waals surface area contributed by atoms with Crippen molar-refractivity contribution in [2.24, 2.45) is 5.41 Å². The summed E-state index contributed by atoms with van der Waals surface area (Å²) >= 11 is 0. The number of hydrogen-bond acceptors (Lipinski definition) is 5. The molecule has 21 heavy (non-hydrogen) atoms. The van der Waals surface area contributed by atoms with Crippen molar-refractivity contribution in [1.29, 1.82) is 0 Å². The van der Waals surface area contributed by atoms with Crippen LogP contribution in [0, 0.1) is 15.5 Å². The molecular formula is C15H24N4O2. The van der Waals surface area contributed by atoms with Crippen LogP contribution >= 0.6 is 0 Å². The van der Waals surface area contributed by atoms with Gasteiger partial charge in [0.1, 0.15) is 5.82 Å². The summed E-state index contributed by atoms with van der Waals surface area (Å²) in [6.07, 6.45) is 3.27. The maximum Gasteiger partial charge on any atom is 0.311 e. The lowest BCUT2D eigenvalue weighted by Crippen LogP contribution is -2.27. The Morgan fingerprint density at radius 2 is 2.10 bits per heavy atom. The summed E-state index contributed by atoms with van der Waals surface area (Å²) in [5.41, 5.74) is 0.365. The maximum atomic E-state index is 11.3. The van der Waals surface area contributed by atoms with Gasteiger partial charge in [-0.25, -0.2) is 4.98 Å². The van der Waals surface area contributed by atoms with Crippen molar-refractivity contribution in [3.63, 3.8) is 0 Å². The van der Waals surface area contributed by atoms with Gasteiger partial charge >= 0.3 is 5.69 Å². The minimum Gasteiger partial charge on any atom is -0.370 e. The largest absolute Gasteiger partial charge is 0.370 e. The fourth-order valence-corrected chi connectivity index (χ4v) is 3.04. The molecule has 6 heteroatoms. The van der Waals surface area contributed by atoms with Crippen LogP contribution in [0.15, 0.2) is 12.1 Å². The highest BCUT2D eigenvalue weighted by Gasteiger charge is 2.37. The van der Waals surface area contributed by atoms with E-state index in [1.54, 1.807) is 12.1 Å². The first-order valence-corrected chi connectivity index (χ1v) is 7.69. The van der Waals surface area contributed by atoms with E-state index in [0.717, 1.165) is 38.9 Å². The molecule has 1 fully saturated rings. The van der Waals surface area contributed by atoms with Crippen LogP contribution in [0.1, 0.15) is 40.0 Å². The second-order valence-electron chi connectivity index (χ2n) is 5.71. The van der Waals surface area contributed by atoms with E-state index in [2.05, 4.69) is 29.0 Å². The fourth-order valence-electron chi connectivity index (χ4n) is 3.04. The number of aromatic nitrogens is 1. The number of nitrogens with zero attached hydrogens (tertiary/aromatic N) is 3. The van der Waals surface area contributed by atoms with Crippen molar-refractivity contribution in [3.8, 4) is 0 Å². The van der Waals surface area contributed by atoms with Gasteiger partial charge in [0.05, 0.1) is 4.92 Å². The predicted molar refractivity (Wildman–Crippen MR) is 84.9 cm³/mol. The highest BCUT2D eigenvalue weighted by molar-refractivity contribution is 5.62. The van der Waals surface area contributed by atoms with Gasteiger partial charge in [0.15, 0.2) is 0 Å². The Bertz CT molecular complexity index is 514. The monoisotopic (exact) mass is 292 g/mol. The van der Waals surface area contributed by atoms with Crippen molar-refractivity contribution in [3.05, 3.63) is 22.2 Å². The minimum absolute atomic E-state index is 0.0969. The van der Waals surface area contributed by atoms with Gasteiger partial charge in [-0.1, -0.05) is 13.8 Å². The third-order valence-electron chi connectivity index (χ3n) is 4.65. The quantitative estimate of drug-likeness (QED) is 0.642. The van der Waals surface area contributed by atoms with Crippen molar-refractivity contribution in [2.45, 2.75) is 40.0 Å². The van der Waals surface area contributed by atoms with Crippen LogP contribution in [0.2, 0.25) is 0 Å². The SMILES string of the molecule is CCNc1ccc([N+](=O)[O-])c(N2CCC(CC)(CC)C2)n1. The molecule has 1 aliphatic rings. The molecule has 0 unspecified atom stereocenters. The average Bonchev–Trinajstić information content (AvgIpc) is 2.92. The Kier molecular flexibility index (Phi) is 4.65. The van der Waals surface area contributed by atoms with Crippen molar-refractivity contribution in [1.82, 2.24) is 4.98 Å². The first-order valence-electron chi connectivity index (χ1n) is 7.69. The second kappa shape index (κ2) is 6.28. The summed E-state index contributed by atoms with van der Waals surface area (Å²) in [5, 5.41) is 14.4. The van der Waals surface area contributed by atoms with Crippen molar-refractivity contribution in [2.75, 3.05) is 29.9 Å². The molecule has 116 valence electrons. The molecule has 2 rings (SSSR count). The highest BCUT2D eigenvalue weighted by Crippen LogP contribution is 2.41. The molecule has 0 radical (unpaired) electrons.